The summed E-state index contributed by atoms with van der Waals surface area (Å²) in [5.41, 5.74) is 0.735. The van der Waals surface area contributed by atoms with Crippen LogP contribution in [0.2, 0.25) is 0 Å². The molecule has 0 saturated carbocycles. The van der Waals surface area contributed by atoms with E-state index < -0.39 is 11.9 Å². The van der Waals surface area contributed by atoms with E-state index in [1.165, 1.54) is 18.1 Å². The van der Waals surface area contributed by atoms with Crippen molar-refractivity contribution in [2.24, 2.45) is 5.92 Å². The molecule has 0 aliphatic carbocycles. The first-order valence-electron chi connectivity index (χ1n) is 7.12. The number of aromatic hydroxyl groups is 1. The SMILES string of the molecule is COc1ccc(CNC(=O)N2CCCC(C(=O)O)C2)cc1O. The van der Waals surface area contributed by atoms with E-state index in [4.69, 9.17) is 9.84 Å². The van der Waals surface area contributed by atoms with Crippen molar-refractivity contribution in [3.05, 3.63) is 23.8 Å². The van der Waals surface area contributed by atoms with Gasteiger partial charge < -0.3 is 25.2 Å². The van der Waals surface area contributed by atoms with Gasteiger partial charge in [-0.3, -0.25) is 4.79 Å². The molecule has 1 aliphatic rings. The Labute approximate surface area is 128 Å². The predicted molar refractivity (Wildman–Crippen MR) is 78.8 cm³/mol. The van der Waals surface area contributed by atoms with E-state index >= 15 is 0 Å². The lowest BCUT2D eigenvalue weighted by atomic mass is 9.99. The molecule has 0 radical (unpaired) electrons. The molecule has 1 saturated heterocycles. The first kappa shape index (κ1) is 15.9. The Morgan fingerprint density at radius 2 is 2.23 bits per heavy atom. The standard InChI is InChI=1S/C15H20N2O5/c1-22-13-5-4-10(7-12(13)18)8-16-15(21)17-6-2-3-11(9-17)14(19)20/h4-5,7,11,18H,2-3,6,8-9H2,1H3,(H,16,21)(H,19,20). The second kappa shape index (κ2) is 7.02. The molecule has 1 aliphatic heterocycles. The molecule has 2 amide bonds. The first-order chi connectivity index (χ1) is 10.5. The molecule has 7 heteroatoms. The smallest absolute Gasteiger partial charge is 0.317 e. The van der Waals surface area contributed by atoms with Gasteiger partial charge in [0.25, 0.3) is 0 Å². The molecule has 3 N–H and O–H groups in total. The van der Waals surface area contributed by atoms with Gasteiger partial charge in [0.05, 0.1) is 13.0 Å². The van der Waals surface area contributed by atoms with Crippen LogP contribution >= 0.6 is 0 Å². The quantitative estimate of drug-likeness (QED) is 0.781. The van der Waals surface area contributed by atoms with Gasteiger partial charge in [-0.25, -0.2) is 4.79 Å². The van der Waals surface area contributed by atoms with Gasteiger partial charge in [-0.2, -0.15) is 0 Å². The number of nitrogens with zero attached hydrogens (tertiary/aromatic N) is 1. The number of amides is 2. The lowest BCUT2D eigenvalue weighted by Crippen LogP contribution is -2.46. The number of carboxylic acid groups (broad SMARTS) is 1. The number of phenols is 1. The van der Waals surface area contributed by atoms with E-state index in [1.807, 2.05) is 0 Å². The normalized spacial score (nSPS) is 17.9. The van der Waals surface area contributed by atoms with Crippen LogP contribution in [0.1, 0.15) is 18.4 Å². The zero-order valence-electron chi connectivity index (χ0n) is 12.4. The summed E-state index contributed by atoms with van der Waals surface area (Å²) in [6.07, 6.45) is 1.29. The number of nitrogens with one attached hydrogen (secondary N) is 1. The average molecular weight is 308 g/mol. The number of rotatable bonds is 4. The second-order valence-electron chi connectivity index (χ2n) is 5.29. The van der Waals surface area contributed by atoms with Crippen LogP contribution in [-0.4, -0.2) is 47.3 Å². The molecule has 0 spiro atoms. The summed E-state index contributed by atoms with van der Waals surface area (Å²) in [5.74, 6) is -0.976. The van der Waals surface area contributed by atoms with Crippen LogP contribution in [-0.2, 0) is 11.3 Å². The van der Waals surface area contributed by atoms with E-state index in [0.717, 1.165) is 5.56 Å². The Morgan fingerprint density at radius 1 is 1.45 bits per heavy atom. The van der Waals surface area contributed by atoms with E-state index in [-0.39, 0.29) is 24.9 Å². The van der Waals surface area contributed by atoms with Gasteiger partial charge in [-0.1, -0.05) is 6.07 Å². The number of methoxy groups -OCH3 is 1. The summed E-state index contributed by atoms with van der Waals surface area (Å²) in [6, 6.07) is 4.60. The number of likely N-dealkylation sites (tertiary alicyclic amines) is 1. The maximum absolute atomic E-state index is 12.1. The number of carbonyl (C=O) groups excluding carboxylic acids is 1. The van der Waals surface area contributed by atoms with Crippen molar-refractivity contribution in [2.45, 2.75) is 19.4 Å². The highest BCUT2D eigenvalue weighted by Gasteiger charge is 2.27. The Morgan fingerprint density at radius 3 is 2.86 bits per heavy atom. The third-order valence-corrected chi connectivity index (χ3v) is 3.74. The summed E-state index contributed by atoms with van der Waals surface area (Å²) in [5, 5.41) is 21.5. The van der Waals surface area contributed by atoms with Crippen molar-refractivity contribution in [2.75, 3.05) is 20.2 Å². The monoisotopic (exact) mass is 308 g/mol. The molecule has 0 aromatic heterocycles. The summed E-state index contributed by atoms with van der Waals surface area (Å²) < 4.78 is 4.95. The molecule has 120 valence electrons. The van der Waals surface area contributed by atoms with Crippen LogP contribution in [0.5, 0.6) is 11.5 Å². The second-order valence-corrected chi connectivity index (χ2v) is 5.29. The topological polar surface area (TPSA) is 99.1 Å². The Hall–Kier alpha value is -2.44. The predicted octanol–water partition coefficient (Wildman–Crippen LogP) is 1.41. The largest absolute Gasteiger partial charge is 0.504 e. The third kappa shape index (κ3) is 3.81. The number of ether oxygens (including phenoxy) is 1. The molecule has 0 bridgehead atoms. The van der Waals surface area contributed by atoms with Crippen molar-refractivity contribution in [1.82, 2.24) is 10.2 Å². The summed E-state index contributed by atoms with van der Waals surface area (Å²) in [7, 11) is 1.46. The molecule has 1 heterocycles. The van der Waals surface area contributed by atoms with Crippen LogP contribution in [0.3, 0.4) is 0 Å². The van der Waals surface area contributed by atoms with E-state index in [9.17, 15) is 14.7 Å². The third-order valence-electron chi connectivity index (χ3n) is 3.74. The zero-order chi connectivity index (χ0) is 16.1. The highest BCUT2D eigenvalue weighted by molar-refractivity contribution is 5.76. The van der Waals surface area contributed by atoms with Gasteiger partial charge in [0, 0.05) is 19.6 Å². The Kier molecular flexibility index (Phi) is 5.08. The minimum Gasteiger partial charge on any atom is -0.504 e. The van der Waals surface area contributed by atoms with Crippen LogP contribution in [0.25, 0.3) is 0 Å². The van der Waals surface area contributed by atoms with Crippen molar-refractivity contribution in [3.63, 3.8) is 0 Å². The van der Waals surface area contributed by atoms with Gasteiger partial charge in [0.2, 0.25) is 0 Å². The van der Waals surface area contributed by atoms with Crippen LogP contribution in [0.15, 0.2) is 18.2 Å². The molecule has 1 unspecified atom stereocenters. The average Bonchev–Trinajstić information content (AvgIpc) is 2.52. The van der Waals surface area contributed by atoms with Crippen molar-refractivity contribution in [1.29, 1.82) is 0 Å². The van der Waals surface area contributed by atoms with Crippen molar-refractivity contribution < 1.29 is 24.5 Å². The molecular weight excluding hydrogens is 288 g/mol. The fourth-order valence-electron chi connectivity index (χ4n) is 2.50. The molecular formula is C15H20N2O5. The number of hydrogen-bond acceptors (Lipinski definition) is 4. The summed E-state index contributed by atoms with van der Waals surface area (Å²) >= 11 is 0. The van der Waals surface area contributed by atoms with E-state index in [1.54, 1.807) is 12.1 Å². The number of urea groups is 1. The highest BCUT2D eigenvalue weighted by atomic mass is 16.5. The van der Waals surface area contributed by atoms with Gasteiger partial charge in [0.15, 0.2) is 11.5 Å². The van der Waals surface area contributed by atoms with E-state index in [0.29, 0.717) is 25.1 Å². The van der Waals surface area contributed by atoms with Gasteiger partial charge >= 0.3 is 12.0 Å². The minimum absolute atomic E-state index is 0.0122. The van der Waals surface area contributed by atoms with Gasteiger partial charge in [-0.15, -0.1) is 0 Å². The van der Waals surface area contributed by atoms with E-state index in [2.05, 4.69) is 5.32 Å². The van der Waals surface area contributed by atoms with Gasteiger partial charge in [-0.05, 0) is 30.5 Å². The van der Waals surface area contributed by atoms with Crippen molar-refractivity contribution in [3.8, 4) is 11.5 Å². The number of aliphatic carboxylic acids is 1. The fourth-order valence-corrected chi connectivity index (χ4v) is 2.50. The van der Waals surface area contributed by atoms with Gasteiger partial charge in [0.1, 0.15) is 0 Å². The maximum Gasteiger partial charge on any atom is 0.317 e. The molecule has 2 rings (SSSR count). The molecule has 22 heavy (non-hydrogen) atoms. The minimum atomic E-state index is -0.863. The first-order valence-corrected chi connectivity index (χ1v) is 7.12. The molecule has 1 aromatic carbocycles. The number of hydrogen-bond donors (Lipinski definition) is 3. The van der Waals surface area contributed by atoms with Crippen LogP contribution in [0, 0.1) is 5.92 Å². The fraction of sp³-hybridized carbons (Fsp3) is 0.467. The number of piperidine rings is 1. The molecule has 1 aromatic rings. The number of carboxylic acids is 1. The lowest BCUT2D eigenvalue weighted by Gasteiger charge is -2.30. The van der Waals surface area contributed by atoms with Crippen molar-refractivity contribution >= 4 is 12.0 Å². The number of phenolic OH excluding ortho intramolecular Hbond substituents is 1. The summed E-state index contributed by atoms with van der Waals surface area (Å²) in [4.78, 5) is 24.6. The Bertz CT molecular complexity index is 561. The molecule has 7 nitrogen and oxygen atoms in total. The molecule has 1 fully saturated rings. The molecule has 1 atom stereocenters. The maximum atomic E-state index is 12.1. The van der Waals surface area contributed by atoms with Crippen LogP contribution in [0.4, 0.5) is 4.79 Å². The lowest BCUT2D eigenvalue weighted by molar-refractivity contribution is -0.143. The summed E-state index contributed by atoms with van der Waals surface area (Å²) in [6.45, 7) is 1.04. The number of benzene rings is 1. The Balaban J connectivity index is 1.89. The highest BCUT2D eigenvalue weighted by Crippen LogP contribution is 2.26. The number of carbonyl (C=O) groups is 2. The zero-order valence-corrected chi connectivity index (χ0v) is 12.4. The van der Waals surface area contributed by atoms with Crippen LogP contribution < -0.4 is 10.1 Å².